The van der Waals surface area contributed by atoms with Crippen molar-refractivity contribution in [3.8, 4) is 45.3 Å². The predicted octanol–water partition coefficient (Wildman–Crippen LogP) is 16.2. The van der Waals surface area contributed by atoms with Crippen LogP contribution in [0.15, 0.2) is 109 Å². The lowest BCUT2D eigenvalue weighted by molar-refractivity contribution is -0.142. The Hall–Kier alpha value is -6.68. The van der Waals surface area contributed by atoms with Crippen molar-refractivity contribution in [2.45, 2.75) is 143 Å². The van der Waals surface area contributed by atoms with Crippen molar-refractivity contribution in [3.05, 3.63) is 165 Å². The first-order valence-electron chi connectivity index (χ1n) is 27.3. The molecule has 2 saturated carbocycles. The molecule has 10 rings (SSSR count). The van der Waals surface area contributed by atoms with E-state index in [1.807, 2.05) is 48.5 Å². The molecule has 6 aromatic rings. The van der Waals surface area contributed by atoms with Crippen LogP contribution in [-0.4, -0.2) is 36.4 Å². The van der Waals surface area contributed by atoms with Crippen molar-refractivity contribution in [3.63, 3.8) is 0 Å². The second kappa shape index (κ2) is 22.5. The third kappa shape index (κ3) is 11.4. The minimum Gasteiger partial charge on any atom is -0.497 e. The molecule has 4 aliphatic carbocycles. The molecule has 5 unspecified atom stereocenters. The fourth-order valence-corrected chi connectivity index (χ4v) is 13.1. The van der Waals surface area contributed by atoms with E-state index in [2.05, 4.69) is 52.0 Å². The smallest absolute Gasteiger partial charge is 0.306 e. The van der Waals surface area contributed by atoms with Crippen LogP contribution in [0, 0.1) is 34.3 Å². The Morgan fingerprint density at radius 3 is 1.26 bits per heavy atom. The molecule has 0 bridgehead atoms. The number of methoxy groups -OCH3 is 2. The van der Waals surface area contributed by atoms with Gasteiger partial charge in [0.2, 0.25) is 0 Å². The Morgan fingerprint density at radius 1 is 0.513 bits per heavy atom. The van der Waals surface area contributed by atoms with Crippen molar-refractivity contribution in [1.29, 1.82) is 0 Å². The summed E-state index contributed by atoms with van der Waals surface area (Å²) in [7, 11) is 3.20. The number of rotatable bonds is 16. The molecular formula is C66H74F2O8. The standard InChI is InChI=1S/2C33H37FO4/c2*1-20(32(35)36)25-13-9-22-8-10-24(18-27(22)25)38-19-21-7-12-26(29-17-23(37-4)11-14-31(29)34)28(16-21)30-6-5-15-33(30,2)3/h2*7-8,10-12,14,16-18,20,25,30H,5-6,9,13,15,19H2,1-4H3,(H,35,36)/t20-,25?,30?;/m0./s1. The zero-order chi connectivity index (χ0) is 54.1. The molecule has 2 N–H and O–H groups in total. The molecule has 0 amide bonds. The molecule has 0 saturated heterocycles. The highest BCUT2D eigenvalue weighted by molar-refractivity contribution is 5.74. The molecule has 0 spiro atoms. The quantitative estimate of drug-likeness (QED) is 0.0986. The van der Waals surface area contributed by atoms with E-state index in [9.17, 15) is 19.8 Å². The largest absolute Gasteiger partial charge is 0.497 e. The first kappa shape index (κ1) is 54.1. The van der Waals surface area contributed by atoms with E-state index >= 15 is 8.78 Å². The van der Waals surface area contributed by atoms with Gasteiger partial charge in [0.05, 0.1) is 26.1 Å². The second-order valence-electron chi connectivity index (χ2n) is 23.2. The number of halogens is 2. The third-order valence-electron chi connectivity index (χ3n) is 17.7. The van der Waals surface area contributed by atoms with Gasteiger partial charge in [0.25, 0.3) is 0 Å². The second-order valence-corrected chi connectivity index (χ2v) is 23.2. The van der Waals surface area contributed by atoms with Crippen molar-refractivity contribution < 1.29 is 47.5 Å². The maximum Gasteiger partial charge on any atom is 0.306 e. The van der Waals surface area contributed by atoms with Crippen molar-refractivity contribution in [1.82, 2.24) is 0 Å². The number of hydrogen-bond acceptors (Lipinski definition) is 6. The van der Waals surface area contributed by atoms with Crippen LogP contribution < -0.4 is 18.9 Å². The molecule has 76 heavy (non-hydrogen) atoms. The molecule has 8 nitrogen and oxygen atoms in total. The van der Waals surface area contributed by atoms with E-state index in [1.54, 1.807) is 52.3 Å². The highest BCUT2D eigenvalue weighted by Crippen LogP contribution is 2.53. The average Bonchev–Trinajstić information content (AvgIpc) is 4.25. The van der Waals surface area contributed by atoms with Crippen LogP contribution in [0.1, 0.15) is 161 Å². The minimum atomic E-state index is -0.760. The van der Waals surface area contributed by atoms with E-state index in [-0.39, 0.29) is 34.3 Å². The number of ether oxygens (including phenoxy) is 4. The molecular weight excluding hydrogens is 959 g/mol. The number of carboxylic acids is 2. The van der Waals surface area contributed by atoms with Crippen LogP contribution in [0.4, 0.5) is 8.78 Å². The van der Waals surface area contributed by atoms with Crippen molar-refractivity contribution >= 4 is 11.9 Å². The van der Waals surface area contributed by atoms with Crippen LogP contribution in [0.25, 0.3) is 22.3 Å². The number of aryl methyl sites for hydroxylation is 2. The van der Waals surface area contributed by atoms with Gasteiger partial charge in [0.1, 0.15) is 47.8 Å². The van der Waals surface area contributed by atoms with Crippen LogP contribution in [0.5, 0.6) is 23.0 Å². The zero-order valence-electron chi connectivity index (χ0n) is 45.4. The monoisotopic (exact) mass is 1030 g/mol. The van der Waals surface area contributed by atoms with Gasteiger partial charge in [0, 0.05) is 11.1 Å². The molecule has 400 valence electrons. The van der Waals surface area contributed by atoms with Gasteiger partial charge in [-0.15, -0.1) is 0 Å². The Balaban J connectivity index is 0.000000186. The summed E-state index contributed by atoms with van der Waals surface area (Å²) >= 11 is 0. The topological polar surface area (TPSA) is 112 Å². The highest BCUT2D eigenvalue weighted by Gasteiger charge is 2.39. The number of aliphatic carboxylic acids is 2. The number of carboxylic acid groups (broad SMARTS) is 2. The Morgan fingerprint density at radius 2 is 0.908 bits per heavy atom. The number of benzene rings is 6. The predicted molar refractivity (Wildman–Crippen MR) is 295 cm³/mol. The van der Waals surface area contributed by atoms with Crippen LogP contribution in [0.3, 0.4) is 0 Å². The first-order valence-corrected chi connectivity index (χ1v) is 27.3. The van der Waals surface area contributed by atoms with Gasteiger partial charge in [0.15, 0.2) is 0 Å². The van der Waals surface area contributed by atoms with E-state index in [0.29, 0.717) is 47.7 Å². The lowest BCUT2D eigenvalue weighted by Crippen LogP contribution is -2.17. The number of carbonyl (C=O) groups is 2. The fraction of sp³-hybridized carbons (Fsp3) is 0.424. The summed E-state index contributed by atoms with van der Waals surface area (Å²) in [6, 6.07) is 34.4. The maximum atomic E-state index is 15.1. The number of fused-ring (bicyclic) bond motifs is 2. The lowest BCUT2D eigenvalue weighted by atomic mass is 9.75. The molecule has 0 aromatic heterocycles. The van der Waals surface area contributed by atoms with Gasteiger partial charge < -0.3 is 29.2 Å². The van der Waals surface area contributed by atoms with Gasteiger partial charge in [-0.1, -0.05) is 103 Å². The lowest BCUT2D eigenvalue weighted by Gasteiger charge is -2.30. The normalized spacial score (nSPS) is 20.7. The van der Waals surface area contributed by atoms with E-state index in [4.69, 9.17) is 18.9 Å². The Kier molecular flexibility index (Phi) is 16.0. The molecule has 10 heteroatoms. The number of hydrogen-bond donors (Lipinski definition) is 2. The molecule has 6 aromatic carbocycles. The van der Waals surface area contributed by atoms with E-state index in [0.717, 1.165) is 120 Å². The molecule has 6 atom stereocenters. The van der Waals surface area contributed by atoms with Gasteiger partial charge >= 0.3 is 11.9 Å². The van der Waals surface area contributed by atoms with Crippen LogP contribution >= 0.6 is 0 Å². The Bertz CT molecular complexity index is 2900. The van der Waals surface area contributed by atoms with Crippen molar-refractivity contribution in [2.75, 3.05) is 14.2 Å². The summed E-state index contributed by atoms with van der Waals surface area (Å²) in [4.78, 5) is 23.2. The molecule has 0 aliphatic heterocycles. The van der Waals surface area contributed by atoms with Gasteiger partial charge in [-0.3, -0.25) is 9.59 Å². The summed E-state index contributed by atoms with van der Waals surface area (Å²) < 4.78 is 53.4. The average molecular weight is 1030 g/mol. The maximum absolute atomic E-state index is 15.1. The summed E-state index contributed by atoms with van der Waals surface area (Å²) in [6.45, 7) is 13.6. The van der Waals surface area contributed by atoms with Crippen LogP contribution in [0.2, 0.25) is 0 Å². The van der Waals surface area contributed by atoms with Crippen molar-refractivity contribution in [2.24, 2.45) is 22.7 Å². The summed E-state index contributed by atoms with van der Waals surface area (Å²) in [5.74, 6) is 0.564. The van der Waals surface area contributed by atoms with Gasteiger partial charge in [-0.2, -0.15) is 0 Å². The summed E-state index contributed by atoms with van der Waals surface area (Å²) in [6.07, 6.45) is 10.3. The third-order valence-corrected chi connectivity index (χ3v) is 17.7. The molecule has 0 heterocycles. The molecule has 2 fully saturated rings. The van der Waals surface area contributed by atoms with Gasteiger partial charge in [-0.25, -0.2) is 8.78 Å². The summed E-state index contributed by atoms with van der Waals surface area (Å²) in [5, 5.41) is 19.1. The van der Waals surface area contributed by atoms with Crippen LogP contribution in [-0.2, 0) is 35.6 Å². The summed E-state index contributed by atoms with van der Waals surface area (Å²) in [5.41, 5.74) is 12.2. The van der Waals surface area contributed by atoms with E-state index in [1.165, 1.54) is 23.3 Å². The first-order chi connectivity index (χ1) is 36.3. The molecule has 0 radical (unpaired) electrons. The minimum absolute atomic E-state index is 0.0132. The zero-order valence-corrected chi connectivity index (χ0v) is 45.4. The highest BCUT2D eigenvalue weighted by atomic mass is 19.1. The van der Waals surface area contributed by atoms with E-state index < -0.39 is 23.8 Å². The van der Waals surface area contributed by atoms with Gasteiger partial charge in [-0.05, 0) is 202 Å². The SMILES string of the molecule is COc1ccc(F)c(-c2ccc(COc3ccc4c(c3)C(C(C)C(=O)O)CC4)cc2C2CCCC2(C)C)c1.COc1ccc(F)c(-c2ccc(COc3ccc4c(c3)C([C@H](C)C(=O)O)CC4)cc2C2CCCC2(C)C)c1. The molecule has 4 aliphatic rings. The fourth-order valence-electron chi connectivity index (χ4n) is 13.1. The Labute approximate surface area is 447 Å².